The second-order valence-corrected chi connectivity index (χ2v) is 4.96. The van der Waals surface area contributed by atoms with Crippen LogP contribution in [0.25, 0.3) is 0 Å². The van der Waals surface area contributed by atoms with E-state index >= 15 is 0 Å². The Balaban J connectivity index is 2.22. The highest BCUT2D eigenvalue weighted by Crippen LogP contribution is 2.26. The van der Waals surface area contributed by atoms with Gasteiger partial charge in [-0.2, -0.15) is 0 Å². The second kappa shape index (κ2) is 7.66. The van der Waals surface area contributed by atoms with Crippen molar-refractivity contribution in [2.24, 2.45) is 11.7 Å². The average molecular weight is 226 g/mol. The third kappa shape index (κ3) is 4.97. The van der Waals surface area contributed by atoms with E-state index in [-0.39, 0.29) is 11.9 Å². The molecule has 0 aromatic rings. The van der Waals surface area contributed by atoms with Crippen LogP contribution in [0.2, 0.25) is 0 Å². The third-order valence-electron chi connectivity index (χ3n) is 3.57. The van der Waals surface area contributed by atoms with Crippen molar-refractivity contribution in [1.29, 1.82) is 0 Å². The van der Waals surface area contributed by atoms with E-state index in [2.05, 4.69) is 12.2 Å². The molecule has 1 unspecified atom stereocenters. The predicted octanol–water partition coefficient (Wildman–Crippen LogP) is 2.20. The molecule has 1 aliphatic carbocycles. The molecule has 0 saturated heterocycles. The molecule has 0 aliphatic heterocycles. The van der Waals surface area contributed by atoms with Crippen LogP contribution in [0.4, 0.5) is 0 Å². The van der Waals surface area contributed by atoms with Gasteiger partial charge in [0.25, 0.3) is 0 Å². The van der Waals surface area contributed by atoms with Crippen molar-refractivity contribution in [2.75, 3.05) is 6.54 Å². The molecule has 1 amide bonds. The standard InChI is InChI=1S/C13H26N2O/c1-2-12(8-9-14)15-13(16)10-11-6-4-3-5-7-11/h11-12H,2-10,14H2,1H3,(H,15,16). The maximum Gasteiger partial charge on any atom is 0.220 e. The number of nitrogens with one attached hydrogen (secondary N) is 1. The van der Waals surface area contributed by atoms with Crippen LogP contribution in [0.15, 0.2) is 0 Å². The Morgan fingerprint density at radius 2 is 2.06 bits per heavy atom. The molecule has 0 radical (unpaired) electrons. The van der Waals surface area contributed by atoms with Crippen molar-refractivity contribution < 1.29 is 4.79 Å². The fourth-order valence-electron chi connectivity index (χ4n) is 2.52. The van der Waals surface area contributed by atoms with Crippen LogP contribution in [0, 0.1) is 5.92 Å². The van der Waals surface area contributed by atoms with Gasteiger partial charge >= 0.3 is 0 Å². The van der Waals surface area contributed by atoms with E-state index in [1.54, 1.807) is 0 Å². The highest BCUT2D eigenvalue weighted by Gasteiger charge is 2.18. The van der Waals surface area contributed by atoms with Crippen molar-refractivity contribution in [2.45, 2.75) is 64.3 Å². The van der Waals surface area contributed by atoms with Gasteiger partial charge in [0.2, 0.25) is 5.91 Å². The summed E-state index contributed by atoms with van der Waals surface area (Å²) in [5.41, 5.74) is 5.51. The summed E-state index contributed by atoms with van der Waals surface area (Å²) in [5, 5.41) is 3.10. The van der Waals surface area contributed by atoms with Crippen LogP contribution in [0.5, 0.6) is 0 Å². The van der Waals surface area contributed by atoms with Gasteiger partial charge in [0.1, 0.15) is 0 Å². The first kappa shape index (κ1) is 13.5. The van der Waals surface area contributed by atoms with Gasteiger partial charge in [-0.1, -0.05) is 26.2 Å². The van der Waals surface area contributed by atoms with Gasteiger partial charge in [-0.15, -0.1) is 0 Å². The van der Waals surface area contributed by atoms with Gasteiger partial charge < -0.3 is 11.1 Å². The van der Waals surface area contributed by atoms with Crippen LogP contribution in [0.1, 0.15) is 58.3 Å². The molecule has 3 heteroatoms. The molecule has 3 nitrogen and oxygen atoms in total. The molecular weight excluding hydrogens is 200 g/mol. The first-order valence-electron chi connectivity index (χ1n) is 6.75. The zero-order chi connectivity index (χ0) is 11.8. The number of amides is 1. The van der Waals surface area contributed by atoms with E-state index in [0.717, 1.165) is 19.3 Å². The molecule has 1 fully saturated rings. The Bertz CT molecular complexity index is 191. The Morgan fingerprint density at radius 3 is 2.62 bits per heavy atom. The van der Waals surface area contributed by atoms with Crippen molar-refractivity contribution in [3.8, 4) is 0 Å². The normalized spacial score (nSPS) is 19.4. The molecule has 1 aliphatic rings. The monoisotopic (exact) mass is 226 g/mol. The zero-order valence-corrected chi connectivity index (χ0v) is 10.5. The van der Waals surface area contributed by atoms with Crippen molar-refractivity contribution in [1.82, 2.24) is 5.32 Å². The molecule has 0 spiro atoms. The number of carbonyl (C=O) groups is 1. The van der Waals surface area contributed by atoms with E-state index in [4.69, 9.17) is 5.73 Å². The van der Waals surface area contributed by atoms with E-state index in [0.29, 0.717) is 12.5 Å². The van der Waals surface area contributed by atoms with E-state index < -0.39 is 0 Å². The quantitative estimate of drug-likeness (QED) is 0.729. The fraction of sp³-hybridized carbons (Fsp3) is 0.923. The average Bonchev–Trinajstić information content (AvgIpc) is 2.29. The molecule has 0 aromatic heterocycles. The van der Waals surface area contributed by atoms with E-state index in [9.17, 15) is 4.79 Å². The maximum absolute atomic E-state index is 11.8. The van der Waals surface area contributed by atoms with E-state index in [1.807, 2.05) is 0 Å². The SMILES string of the molecule is CCC(CCN)NC(=O)CC1CCCCC1. The number of carbonyl (C=O) groups excluding carboxylic acids is 1. The minimum Gasteiger partial charge on any atom is -0.353 e. The summed E-state index contributed by atoms with van der Waals surface area (Å²) >= 11 is 0. The first-order valence-corrected chi connectivity index (χ1v) is 6.75. The lowest BCUT2D eigenvalue weighted by Gasteiger charge is -2.22. The second-order valence-electron chi connectivity index (χ2n) is 4.96. The van der Waals surface area contributed by atoms with Gasteiger partial charge in [0, 0.05) is 12.5 Å². The lowest BCUT2D eigenvalue weighted by atomic mass is 9.87. The molecule has 3 N–H and O–H groups in total. The predicted molar refractivity (Wildman–Crippen MR) is 67.1 cm³/mol. The van der Waals surface area contributed by atoms with Crippen LogP contribution < -0.4 is 11.1 Å². The third-order valence-corrected chi connectivity index (χ3v) is 3.57. The molecule has 1 saturated carbocycles. The van der Waals surface area contributed by atoms with E-state index in [1.165, 1.54) is 32.1 Å². The van der Waals surface area contributed by atoms with Crippen molar-refractivity contribution in [3.63, 3.8) is 0 Å². The van der Waals surface area contributed by atoms with Crippen LogP contribution in [-0.4, -0.2) is 18.5 Å². The fourth-order valence-corrected chi connectivity index (χ4v) is 2.52. The summed E-state index contributed by atoms with van der Waals surface area (Å²) in [7, 11) is 0. The van der Waals surface area contributed by atoms with Gasteiger partial charge in [-0.05, 0) is 38.1 Å². The molecule has 0 heterocycles. The largest absolute Gasteiger partial charge is 0.353 e. The Kier molecular flexibility index (Phi) is 6.46. The first-order chi connectivity index (χ1) is 7.76. The number of rotatable bonds is 6. The highest BCUT2D eigenvalue weighted by atomic mass is 16.1. The Labute approximate surface area is 99.2 Å². The zero-order valence-electron chi connectivity index (χ0n) is 10.5. The summed E-state index contributed by atoms with van der Waals surface area (Å²) in [6.07, 6.45) is 9.03. The minimum absolute atomic E-state index is 0.229. The van der Waals surface area contributed by atoms with Gasteiger partial charge in [0.15, 0.2) is 0 Å². The highest BCUT2D eigenvalue weighted by molar-refractivity contribution is 5.76. The summed E-state index contributed by atoms with van der Waals surface area (Å²) in [6, 6.07) is 0.279. The smallest absolute Gasteiger partial charge is 0.220 e. The molecule has 1 atom stereocenters. The van der Waals surface area contributed by atoms with Gasteiger partial charge in [-0.3, -0.25) is 4.79 Å². The van der Waals surface area contributed by atoms with Gasteiger partial charge in [-0.25, -0.2) is 0 Å². The van der Waals surface area contributed by atoms with Crippen molar-refractivity contribution in [3.05, 3.63) is 0 Å². The lowest BCUT2D eigenvalue weighted by molar-refractivity contribution is -0.123. The molecule has 1 rings (SSSR count). The Hall–Kier alpha value is -0.570. The van der Waals surface area contributed by atoms with Crippen LogP contribution >= 0.6 is 0 Å². The molecule has 16 heavy (non-hydrogen) atoms. The lowest BCUT2D eigenvalue weighted by Crippen LogP contribution is -2.36. The van der Waals surface area contributed by atoms with Gasteiger partial charge in [0.05, 0.1) is 0 Å². The summed E-state index contributed by atoms with van der Waals surface area (Å²) in [5.74, 6) is 0.858. The molecule has 0 aromatic carbocycles. The topological polar surface area (TPSA) is 55.1 Å². The number of hydrogen-bond acceptors (Lipinski definition) is 2. The minimum atomic E-state index is 0.229. The molecule has 94 valence electrons. The summed E-state index contributed by atoms with van der Waals surface area (Å²) < 4.78 is 0. The van der Waals surface area contributed by atoms with Crippen LogP contribution in [0.3, 0.4) is 0 Å². The van der Waals surface area contributed by atoms with Crippen molar-refractivity contribution >= 4 is 5.91 Å². The number of nitrogens with two attached hydrogens (primary N) is 1. The summed E-state index contributed by atoms with van der Waals surface area (Å²) in [6.45, 7) is 2.75. The molecular formula is C13H26N2O. The summed E-state index contributed by atoms with van der Waals surface area (Å²) in [4.78, 5) is 11.8. The maximum atomic E-state index is 11.8. The van der Waals surface area contributed by atoms with Crippen LogP contribution in [-0.2, 0) is 4.79 Å². The number of hydrogen-bond donors (Lipinski definition) is 2. The Morgan fingerprint density at radius 1 is 1.38 bits per heavy atom. The molecule has 0 bridgehead atoms.